The van der Waals surface area contributed by atoms with E-state index in [4.69, 9.17) is 4.74 Å². The molecule has 63 heavy (non-hydrogen) atoms. The van der Waals surface area contributed by atoms with Gasteiger partial charge in [0.05, 0.1) is 25.2 Å². The lowest BCUT2D eigenvalue weighted by Crippen LogP contribution is -2.46. The van der Waals surface area contributed by atoms with Crippen LogP contribution in [0.4, 0.5) is 0 Å². The number of hydrogen-bond acceptors (Lipinski definition) is 5. The van der Waals surface area contributed by atoms with Gasteiger partial charge in [-0.2, -0.15) is 0 Å². The molecule has 6 heteroatoms. The molecule has 0 saturated heterocycles. The number of unbranched alkanes of at least 4 members (excludes halogenated alkanes) is 32. The fraction of sp³-hybridized carbons (Fsp3) is 0.825. The minimum absolute atomic E-state index is 0.0345. The fourth-order valence-corrected chi connectivity index (χ4v) is 8.39. The van der Waals surface area contributed by atoms with E-state index in [9.17, 15) is 19.8 Å². The van der Waals surface area contributed by atoms with Crippen molar-refractivity contribution in [1.29, 1.82) is 0 Å². The molecule has 1 amide bonds. The van der Waals surface area contributed by atoms with Crippen LogP contribution in [0.1, 0.15) is 278 Å². The Hall–Kier alpha value is -2.18. The topological polar surface area (TPSA) is 95.9 Å². The van der Waals surface area contributed by atoms with Gasteiger partial charge in [-0.25, -0.2) is 0 Å². The smallest absolute Gasteiger partial charge is 0.306 e. The number of aliphatic hydroxyl groups excluding tert-OH is 2. The van der Waals surface area contributed by atoms with Gasteiger partial charge in [-0.3, -0.25) is 9.59 Å². The highest BCUT2D eigenvalue weighted by Crippen LogP contribution is 2.18. The number of carbonyl (C=O) groups excluding carboxylic acids is 2. The molecule has 0 aliphatic heterocycles. The maximum Gasteiger partial charge on any atom is 0.306 e. The third-order valence-corrected chi connectivity index (χ3v) is 12.5. The molecule has 0 radical (unpaired) electrons. The molecular weight excluding hydrogens is 779 g/mol. The van der Waals surface area contributed by atoms with Gasteiger partial charge in [0.25, 0.3) is 0 Å². The van der Waals surface area contributed by atoms with Crippen LogP contribution in [0.5, 0.6) is 0 Å². The summed E-state index contributed by atoms with van der Waals surface area (Å²) in [4.78, 5) is 26.1. The molecule has 0 spiro atoms. The SMILES string of the molecule is CC/C=C/C=C/C=C\C=C/CCCC(CC(=O)NC(CO)C(O)CCCCCCCCCCCCCCCCCC)OC(=O)CCCCCCCCCCCCCCCCCCC. The fourth-order valence-electron chi connectivity index (χ4n) is 8.39. The van der Waals surface area contributed by atoms with Gasteiger partial charge < -0.3 is 20.3 Å². The largest absolute Gasteiger partial charge is 0.462 e. The van der Waals surface area contributed by atoms with Crippen LogP contribution in [0, 0.1) is 0 Å². The number of amides is 1. The third-order valence-electron chi connectivity index (χ3n) is 12.5. The van der Waals surface area contributed by atoms with E-state index in [0.29, 0.717) is 19.3 Å². The second-order valence-electron chi connectivity index (χ2n) is 18.7. The van der Waals surface area contributed by atoms with E-state index >= 15 is 0 Å². The summed E-state index contributed by atoms with van der Waals surface area (Å²) in [6.45, 7) is 6.35. The van der Waals surface area contributed by atoms with Crippen LogP contribution in [0.2, 0.25) is 0 Å². The molecule has 0 aromatic carbocycles. The monoisotopic (exact) mass is 884 g/mol. The number of nitrogens with one attached hydrogen (secondary N) is 1. The third kappa shape index (κ3) is 46.2. The molecule has 0 bridgehead atoms. The molecule has 0 aromatic rings. The van der Waals surface area contributed by atoms with Crippen molar-refractivity contribution in [2.75, 3.05) is 6.61 Å². The van der Waals surface area contributed by atoms with E-state index in [1.807, 2.05) is 36.5 Å². The summed E-state index contributed by atoms with van der Waals surface area (Å²) in [6.07, 6.45) is 61.9. The molecule has 0 aliphatic carbocycles. The lowest BCUT2D eigenvalue weighted by atomic mass is 10.0. The average molecular weight is 884 g/mol. The summed E-state index contributed by atoms with van der Waals surface area (Å²) in [7, 11) is 0. The van der Waals surface area contributed by atoms with Crippen LogP contribution >= 0.6 is 0 Å². The number of rotatable bonds is 49. The van der Waals surface area contributed by atoms with Crippen molar-refractivity contribution in [2.24, 2.45) is 0 Å². The first-order valence-electron chi connectivity index (χ1n) is 27.4. The van der Waals surface area contributed by atoms with Crippen LogP contribution in [0.25, 0.3) is 0 Å². The van der Waals surface area contributed by atoms with Crippen molar-refractivity contribution in [3.8, 4) is 0 Å². The van der Waals surface area contributed by atoms with Crippen molar-refractivity contribution >= 4 is 11.9 Å². The van der Waals surface area contributed by atoms with Crippen molar-refractivity contribution in [1.82, 2.24) is 5.32 Å². The molecule has 3 unspecified atom stereocenters. The van der Waals surface area contributed by atoms with Gasteiger partial charge in [-0.1, -0.05) is 275 Å². The first kappa shape index (κ1) is 60.8. The first-order chi connectivity index (χ1) is 31.0. The Labute approximate surface area is 391 Å². The zero-order chi connectivity index (χ0) is 45.9. The number of carbonyl (C=O) groups is 2. The summed E-state index contributed by atoms with van der Waals surface area (Å²) in [5.41, 5.74) is 0. The summed E-state index contributed by atoms with van der Waals surface area (Å²) in [5, 5.41) is 23.8. The van der Waals surface area contributed by atoms with Gasteiger partial charge in [0.1, 0.15) is 6.10 Å². The summed E-state index contributed by atoms with van der Waals surface area (Å²) in [5.74, 6) is -0.531. The molecule has 0 rings (SSSR count). The van der Waals surface area contributed by atoms with Crippen LogP contribution < -0.4 is 5.32 Å². The Bertz CT molecular complexity index is 1080. The zero-order valence-electron chi connectivity index (χ0n) is 42.0. The molecule has 0 aliphatic rings. The highest BCUT2D eigenvalue weighted by atomic mass is 16.5. The molecule has 3 atom stereocenters. The number of esters is 1. The van der Waals surface area contributed by atoms with Crippen LogP contribution in [-0.4, -0.2) is 46.9 Å². The van der Waals surface area contributed by atoms with Gasteiger partial charge in [0, 0.05) is 6.42 Å². The quantitative estimate of drug-likeness (QED) is 0.0321. The zero-order valence-corrected chi connectivity index (χ0v) is 42.0. The van der Waals surface area contributed by atoms with Gasteiger partial charge in [0.2, 0.25) is 5.91 Å². The van der Waals surface area contributed by atoms with E-state index < -0.39 is 18.2 Å². The Kier molecular flexibility index (Phi) is 49.1. The first-order valence-corrected chi connectivity index (χ1v) is 27.4. The Morgan fingerprint density at radius 1 is 0.476 bits per heavy atom. The Morgan fingerprint density at radius 2 is 0.857 bits per heavy atom. The van der Waals surface area contributed by atoms with Crippen molar-refractivity contribution in [2.45, 2.75) is 296 Å². The molecule has 6 nitrogen and oxygen atoms in total. The van der Waals surface area contributed by atoms with Crippen molar-refractivity contribution in [3.63, 3.8) is 0 Å². The Morgan fingerprint density at radius 3 is 1.27 bits per heavy atom. The molecule has 0 heterocycles. The highest BCUT2D eigenvalue weighted by Gasteiger charge is 2.24. The maximum atomic E-state index is 13.2. The van der Waals surface area contributed by atoms with Gasteiger partial charge in [0.15, 0.2) is 0 Å². The lowest BCUT2D eigenvalue weighted by molar-refractivity contribution is -0.151. The second-order valence-corrected chi connectivity index (χ2v) is 18.7. The summed E-state index contributed by atoms with van der Waals surface area (Å²) < 4.78 is 5.90. The van der Waals surface area contributed by atoms with Gasteiger partial charge >= 0.3 is 5.97 Å². The Balaban J connectivity index is 4.50. The molecular formula is C57H105NO5. The van der Waals surface area contributed by atoms with Crippen LogP contribution in [0.3, 0.4) is 0 Å². The minimum Gasteiger partial charge on any atom is -0.462 e. The maximum absolute atomic E-state index is 13.2. The molecule has 368 valence electrons. The standard InChI is InChI=1S/C57H105NO5/c1-4-7-10-13-16-19-22-24-26-28-30-32-35-38-41-44-47-50-57(62)63-53(48-45-42-39-36-33-21-18-15-12-9-6-3)51-56(61)58-54(52-59)55(60)49-46-43-40-37-34-31-29-27-25-23-20-17-14-11-8-5-2/h9,12,15,18,21,33,36,39,53-55,59-60H,4-8,10-11,13-14,16-17,19-20,22-32,34-35,37-38,40-52H2,1-3H3,(H,58,61)/b12-9+,18-15+,33-21-,39-36-. The van der Waals surface area contributed by atoms with Gasteiger partial charge in [-0.05, 0) is 38.5 Å². The summed E-state index contributed by atoms with van der Waals surface area (Å²) >= 11 is 0. The predicted molar refractivity (Wildman–Crippen MR) is 273 cm³/mol. The van der Waals surface area contributed by atoms with Gasteiger partial charge in [-0.15, -0.1) is 0 Å². The normalized spacial score (nSPS) is 13.5. The van der Waals surface area contributed by atoms with Crippen molar-refractivity contribution in [3.05, 3.63) is 48.6 Å². The number of ether oxygens (including phenoxy) is 1. The molecule has 0 saturated carbocycles. The lowest BCUT2D eigenvalue weighted by Gasteiger charge is -2.24. The number of hydrogen-bond donors (Lipinski definition) is 3. The van der Waals surface area contributed by atoms with E-state index in [2.05, 4.69) is 38.2 Å². The van der Waals surface area contributed by atoms with E-state index in [1.165, 1.54) is 173 Å². The van der Waals surface area contributed by atoms with Crippen LogP contribution in [-0.2, 0) is 14.3 Å². The van der Waals surface area contributed by atoms with E-state index in [-0.39, 0.29) is 24.9 Å². The van der Waals surface area contributed by atoms with Crippen molar-refractivity contribution < 1.29 is 24.5 Å². The average Bonchev–Trinajstić information content (AvgIpc) is 3.28. The molecule has 0 aromatic heterocycles. The van der Waals surface area contributed by atoms with E-state index in [1.54, 1.807) is 0 Å². The highest BCUT2D eigenvalue weighted by molar-refractivity contribution is 5.77. The number of allylic oxidation sites excluding steroid dienone is 8. The number of aliphatic hydroxyl groups is 2. The second kappa shape index (κ2) is 50.8. The minimum atomic E-state index is -0.804. The molecule has 0 fully saturated rings. The van der Waals surface area contributed by atoms with E-state index in [0.717, 1.165) is 57.8 Å². The summed E-state index contributed by atoms with van der Waals surface area (Å²) in [6, 6.07) is -0.721. The predicted octanol–water partition coefficient (Wildman–Crippen LogP) is 16.6. The molecule has 3 N–H and O–H groups in total. The van der Waals surface area contributed by atoms with Crippen LogP contribution in [0.15, 0.2) is 48.6 Å².